The van der Waals surface area contributed by atoms with E-state index in [1.54, 1.807) is 22.9 Å². The van der Waals surface area contributed by atoms with Gasteiger partial charge in [-0.1, -0.05) is 41.6 Å². The van der Waals surface area contributed by atoms with Crippen LogP contribution in [0, 0.1) is 0 Å². The highest BCUT2D eigenvalue weighted by Gasteiger charge is 2.28. The minimum absolute atomic E-state index is 0.0326. The molecule has 0 aliphatic carbocycles. The molecule has 4 nitrogen and oxygen atoms in total. The van der Waals surface area contributed by atoms with Gasteiger partial charge < -0.3 is 5.32 Å². The molecule has 0 unspecified atom stereocenters. The van der Waals surface area contributed by atoms with Crippen molar-refractivity contribution in [3.05, 3.63) is 77.6 Å². The fraction of sp³-hybridized carbons (Fsp3) is 0.100. The van der Waals surface area contributed by atoms with E-state index >= 15 is 0 Å². The lowest BCUT2D eigenvalue weighted by atomic mass is 10.2. The van der Waals surface area contributed by atoms with E-state index in [1.807, 2.05) is 66.1 Å². The van der Waals surface area contributed by atoms with Crippen LogP contribution in [0.3, 0.4) is 0 Å². The molecule has 1 aliphatic rings. The molecule has 26 heavy (non-hydrogen) atoms. The number of halogens is 1. The quantitative estimate of drug-likeness (QED) is 0.749. The monoisotopic (exact) mass is 382 g/mol. The first kappa shape index (κ1) is 17.1. The molecule has 1 amide bonds. The Hall–Kier alpha value is -2.34. The van der Waals surface area contributed by atoms with Crippen LogP contribution in [0.2, 0.25) is 5.02 Å². The zero-order chi connectivity index (χ0) is 17.9. The third-order valence-electron chi connectivity index (χ3n) is 4.16. The van der Waals surface area contributed by atoms with Gasteiger partial charge in [-0.05, 0) is 36.4 Å². The average molecular weight is 383 g/mol. The number of rotatable bonds is 4. The Bertz CT molecular complexity index is 949. The van der Waals surface area contributed by atoms with Crippen LogP contribution < -0.4 is 10.2 Å². The van der Waals surface area contributed by atoms with Crippen molar-refractivity contribution in [1.82, 2.24) is 4.98 Å². The zero-order valence-electron chi connectivity index (χ0n) is 13.9. The van der Waals surface area contributed by atoms with Crippen molar-refractivity contribution in [3.63, 3.8) is 0 Å². The number of quaternary nitrogens is 1. The average Bonchev–Trinajstić information content (AvgIpc) is 2.67. The van der Waals surface area contributed by atoms with Gasteiger partial charge in [0.15, 0.2) is 6.54 Å². The Balaban J connectivity index is 1.58. The van der Waals surface area contributed by atoms with E-state index in [4.69, 9.17) is 11.6 Å². The molecule has 2 aromatic carbocycles. The Morgan fingerprint density at radius 3 is 2.77 bits per heavy atom. The molecule has 2 N–H and O–H groups in total. The predicted molar refractivity (Wildman–Crippen MR) is 104 cm³/mol. The second kappa shape index (κ2) is 7.50. The summed E-state index contributed by atoms with van der Waals surface area (Å²) in [4.78, 5) is 21.1. The molecule has 0 radical (unpaired) electrons. The van der Waals surface area contributed by atoms with Gasteiger partial charge in [-0.25, -0.2) is 0 Å². The largest absolute Gasteiger partial charge is 0.335 e. The first-order valence-corrected chi connectivity index (χ1v) is 9.52. The van der Waals surface area contributed by atoms with E-state index in [9.17, 15) is 4.79 Å². The van der Waals surface area contributed by atoms with Crippen LogP contribution in [0.4, 0.5) is 11.4 Å². The summed E-state index contributed by atoms with van der Waals surface area (Å²) in [5.74, 6) is 0.0326. The molecule has 1 aliphatic heterocycles. The molecule has 0 spiro atoms. The summed E-state index contributed by atoms with van der Waals surface area (Å²) in [7, 11) is 0. The Morgan fingerprint density at radius 1 is 1.08 bits per heavy atom. The highest BCUT2D eigenvalue weighted by atomic mass is 35.5. The van der Waals surface area contributed by atoms with Gasteiger partial charge in [-0.2, -0.15) is 0 Å². The number of carbonyl (C=O) groups is 1. The number of hydrogen-bond acceptors (Lipinski definition) is 3. The standard InChI is InChI=1S/C20H16ClN3OS/c21-15-7-8-19-17(10-15)24(16-5-1-2-6-18(16)26-19)20(25)13-23-12-14-4-3-9-22-11-14/h1-11,23H,12-13H2/p+1. The summed E-state index contributed by atoms with van der Waals surface area (Å²) in [6, 6.07) is 17.6. The second-order valence-corrected chi connectivity index (χ2v) is 7.49. The lowest BCUT2D eigenvalue weighted by Gasteiger charge is -2.30. The first-order chi connectivity index (χ1) is 12.7. The molecule has 0 saturated heterocycles. The van der Waals surface area contributed by atoms with Gasteiger partial charge in [0.25, 0.3) is 5.91 Å². The third-order valence-corrected chi connectivity index (χ3v) is 5.52. The molecule has 130 valence electrons. The molecular formula is C20H17ClN3OS+. The summed E-state index contributed by atoms with van der Waals surface area (Å²) in [6.45, 7) is 1.06. The van der Waals surface area contributed by atoms with Gasteiger partial charge in [0.05, 0.1) is 11.4 Å². The minimum atomic E-state index is 0.0326. The van der Waals surface area contributed by atoms with Crippen LogP contribution in [0.25, 0.3) is 0 Å². The number of nitrogens with zero attached hydrogens (tertiary/aromatic N) is 2. The molecule has 3 aromatic rings. The number of pyridine rings is 1. The normalized spacial score (nSPS) is 12.4. The predicted octanol–water partition coefficient (Wildman–Crippen LogP) is 3.63. The van der Waals surface area contributed by atoms with Crippen molar-refractivity contribution < 1.29 is 10.1 Å². The van der Waals surface area contributed by atoms with Gasteiger partial charge in [0.1, 0.15) is 6.54 Å². The van der Waals surface area contributed by atoms with Gasteiger partial charge in [-0.15, -0.1) is 0 Å². The van der Waals surface area contributed by atoms with Crippen LogP contribution in [0.15, 0.2) is 76.8 Å². The number of amides is 1. The van der Waals surface area contributed by atoms with Crippen LogP contribution in [-0.2, 0) is 11.3 Å². The Labute approximate surface area is 161 Å². The molecule has 0 saturated carbocycles. The topological polar surface area (TPSA) is 49.8 Å². The van der Waals surface area contributed by atoms with Crippen molar-refractivity contribution in [2.75, 3.05) is 11.4 Å². The fourth-order valence-electron chi connectivity index (χ4n) is 2.97. The van der Waals surface area contributed by atoms with E-state index in [-0.39, 0.29) is 5.91 Å². The second-order valence-electron chi connectivity index (χ2n) is 5.97. The molecule has 0 atom stereocenters. The van der Waals surface area contributed by atoms with Crippen LogP contribution >= 0.6 is 23.4 Å². The zero-order valence-corrected chi connectivity index (χ0v) is 15.5. The van der Waals surface area contributed by atoms with Gasteiger partial charge in [-0.3, -0.25) is 14.7 Å². The number of fused-ring (bicyclic) bond motifs is 2. The SMILES string of the molecule is O=C(C[NH2+]Cc1cccnc1)N1c2ccccc2Sc2ccc(Cl)cc21. The van der Waals surface area contributed by atoms with E-state index in [2.05, 4.69) is 4.98 Å². The minimum Gasteiger partial charge on any atom is -0.335 e. The van der Waals surface area contributed by atoms with Gasteiger partial charge in [0.2, 0.25) is 0 Å². The molecule has 4 rings (SSSR count). The van der Waals surface area contributed by atoms with Crippen molar-refractivity contribution in [2.45, 2.75) is 16.3 Å². The summed E-state index contributed by atoms with van der Waals surface area (Å²) in [5.41, 5.74) is 2.85. The van der Waals surface area contributed by atoms with Gasteiger partial charge in [0, 0.05) is 32.8 Å². The lowest BCUT2D eigenvalue weighted by Crippen LogP contribution is -2.85. The smallest absolute Gasteiger partial charge is 0.286 e. The molecule has 1 aromatic heterocycles. The molecule has 0 bridgehead atoms. The van der Waals surface area contributed by atoms with Crippen molar-refractivity contribution >= 4 is 40.6 Å². The summed E-state index contributed by atoms with van der Waals surface area (Å²) >= 11 is 7.86. The number of aromatic nitrogens is 1. The maximum atomic E-state index is 13.1. The highest BCUT2D eigenvalue weighted by Crippen LogP contribution is 2.48. The van der Waals surface area contributed by atoms with E-state index < -0.39 is 0 Å². The number of nitrogens with two attached hydrogens (primary N) is 1. The molecular weight excluding hydrogens is 366 g/mol. The highest BCUT2D eigenvalue weighted by molar-refractivity contribution is 7.99. The maximum absolute atomic E-state index is 13.1. The van der Waals surface area contributed by atoms with Crippen molar-refractivity contribution in [1.29, 1.82) is 0 Å². The summed E-state index contributed by atoms with van der Waals surface area (Å²) in [6.07, 6.45) is 3.57. The first-order valence-electron chi connectivity index (χ1n) is 8.32. The number of anilines is 2. The lowest BCUT2D eigenvalue weighted by molar-refractivity contribution is -0.659. The molecule has 2 heterocycles. The fourth-order valence-corrected chi connectivity index (χ4v) is 4.17. The van der Waals surface area contributed by atoms with E-state index in [1.165, 1.54) is 0 Å². The van der Waals surface area contributed by atoms with E-state index in [0.29, 0.717) is 18.1 Å². The van der Waals surface area contributed by atoms with Gasteiger partial charge >= 0.3 is 0 Å². The summed E-state index contributed by atoms with van der Waals surface area (Å²) in [5, 5.41) is 2.62. The van der Waals surface area contributed by atoms with Crippen LogP contribution in [0.1, 0.15) is 5.56 Å². The maximum Gasteiger partial charge on any atom is 0.286 e. The van der Waals surface area contributed by atoms with Crippen LogP contribution in [-0.4, -0.2) is 17.4 Å². The van der Waals surface area contributed by atoms with Crippen molar-refractivity contribution in [2.24, 2.45) is 0 Å². The number of hydrogen-bond donors (Lipinski definition) is 1. The number of para-hydroxylation sites is 1. The van der Waals surface area contributed by atoms with Crippen LogP contribution in [0.5, 0.6) is 0 Å². The Morgan fingerprint density at radius 2 is 1.92 bits per heavy atom. The molecule has 6 heteroatoms. The van der Waals surface area contributed by atoms with E-state index in [0.717, 1.165) is 26.7 Å². The summed E-state index contributed by atoms with van der Waals surface area (Å²) < 4.78 is 0. The van der Waals surface area contributed by atoms with Crippen molar-refractivity contribution in [3.8, 4) is 0 Å². The number of benzene rings is 2. The number of carbonyl (C=O) groups excluding carboxylic acids is 1. The Kier molecular flexibility index (Phi) is 4.93. The third kappa shape index (κ3) is 3.46. The molecule has 0 fully saturated rings.